The van der Waals surface area contributed by atoms with Crippen LogP contribution < -0.4 is 0 Å². The number of pyridine rings is 1. The molecule has 0 spiro atoms. The Bertz CT molecular complexity index is 1890. The summed E-state index contributed by atoms with van der Waals surface area (Å²) in [5.74, 6) is 0.286. The Kier molecular flexibility index (Phi) is 12.4. The summed E-state index contributed by atoms with van der Waals surface area (Å²) in [6.45, 7) is 21.0. The Labute approximate surface area is 296 Å². The molecule has 47 heavy (non-hydrogen) atoms. The molecule has 0 unspecified atom stereocenters. The van der Waals surface area contributed by atoms with E-state index in [0.29, 0.717) is 0 Å². The zero-order chi connectivity index (χ0) is 33.9. The van der Waals surface area contributed by atoms with Gasteiger partial charge < -0.3 is 5.11 Å². The number of benzene rings is 4. The van der Waals surface area contributed by atoms with Crippen molar-refractivity contribution in [3.63, 3.8) is 0 Å². The van der Waals surface area contributed by atoms with Crippen molar-refractivity contribution in [2.75, 3.05) is 0 Å². The average molecular weight is 807 g/mol. The Balaban J connectivity index is 0.000000290. The van der Waals surface area contributed by atoms with E-state index in [0.717, 1.165) is 42.3 Å². The molecule has 3 nitrogen and oxygen atoms in total. The first-order chi connectivity index (χ1) is 21.7. The van der Waals surface area contributed by atoms with Gasteiger partial charge in [0.15, 0.2) is 5.78 Å². The van der Waals surface area contributed by atoms with Crippen molar-refractivity contribution in [2.24, 2.45) is 10.8 Å². The van der Waals surface area contributed by atoms with Crippen molar-refractivity contribution < 1.29 is 30.0 Å². The number of aliphatic hydroxyl groups is 1. The van der Waals surface area contributed by atoms with Gasteiger partial charge in [0.05, 0.1) is 0 Å². The van der Waals surface area contributed by atoms with E-state index in [1.54, 1.807) is 0 Å². The molecule has 0 fully saturated rings. The molecule has 1 aromatic heterocycles. The van der Waals surface area contributed by atoms with E-state index in [4.69, 9.17) is 4.98 Å². The monoisotopic (exact) mass is 807 g/mol. The van der Waals surface area contributed by atoms with Crippen LogP contribution in [0.2, 0.25) is 0 Å². The molecule has 0 atom stereocenters. The molecule has 0 bridgehead atoms. The molecule has 5 rings (SSSR count). The Morgan fingerprint density at radius 3 is 2.00 bits per heavy atom. The van der Waals surface area contributed by atoms with Gasteiger partial charge in [0.1, 0.15) is 5.76 Å². The molecule has 1 radical (unpaired) electrons. The summed E-state index contributed by atoms with van der Waals surface area (Å²) in [7, 11) is 0. The number of fused-ring (bicyclic) bond motifs is 4. The summed E-state index contributed by atoms with van der Waals surface area (Å²) in [5, 5.41) is 17.5. The third kappa shape index (κ3) is 8.04. The number of hydrogen-bond acceptors (Lipinski definition) is 3. The number of carbonyl (C=O) groups is 1. The summed E-state index contributed by atoms with van der Waals surface area (Å²) in [4.78, 5) is 16.9. The second-order valence-corrected chi connectivity index (χ2v) is 14.3. The third-order valence-corrected chi connectivity index (χ3v) is 10.5. The predicted octanol–water partition coefficient (Wildman–Crippen LogP) is 12.3. The summed E-state index contributed by atoms with van der Waals surface area (Å²) in [5.41, 5.74) is 4.20. The molecule has 0 saturated heterocycles. The number of ketones is 1. The van der Waals surface area contributed by atoms with Crippen LogP contribution in [0.25, 0.3) is 43.6 Å². The minimum Gasteiger partial charge on any atom is -0.512 e. The van der Waals surface area contributed by atoms with E-state index in [9.17, 15) is 9.90 Å². The number of carbonyl (C=O) groups excluding carboxylic acids is 1. The third-order valence-electron chi connectivity index (χ3n) is 10.5. The van der Waals surface area contributed by atoms with Gasteiger partial charge in [0.2, 0.25) is 0 Å². The standard InChI is InChI=1S/C28H24N.C15H28O2.Ir/c1-18-15-21(16-19-7-5-6-8-23(18)19)27-26-11-9-20-17-22(28(2,3)4)10-12-24(20)25(26)13-14-29-27;1-7-14(5,8-2)12(16)11-13(17)15(6,9-3)10-4;/h5-15,17H,1-4H3;11,16H,7-10H2,1-6H3;/q-1;;/b;12-11-;. The van der Waals surface area contributed by atoms with Crippen LogP contribution in [0.4, 0.5) is 0 Å². The largest absolute Gasteiger partial charge is 0.512 e. The molecule has 0 aliphatic heterocycles. The number of hydrogen-bond donors (Lipinski definition) is 1. The van der Waals surface area contributed by atoms with Crippen LogP contribution in [0.5, 0.6) is 0 Å². The second kappa shape index (κ2) is 15.3. The molecule has 4 aromatic carbocycles. The van der Waals surface area contributed by atoms with Crippen LogP contribution >= 0.6 is 0 Å². The fraction of sp³-hybridized carbons (Fsp3) is 0.395. The Morgan fingerprint density at radius 1 is 0.766 bits per heavy atom. The van der Waals surface area contributed by atoms with Crippen molar-refractivity contribution in [1.29, 1.82) is 0 Å². The smallest absolute Gasteiger partial charge is 0.164 e. The maximum Gasteiger partial charge on any atom is 0.164 e. The maximum atomic E-state index is 12.2. The van der Waals surface area contributed by atoms with E-state index in [-0.39, 0.29) is 47.9 Å². The van der Waals surface area contributed by atoms with Crippen LogP contribution in [0.15, 0.2) is 84.8 Å². The van der Waals surface area contributed by atoms with E-state index in [2.05, 4.69) is 100 Å². The molecule has 4 heteroatoms. The van der Waals surface area contributed by atoms with Crippen molar-refractivity contribution >= 4 is 38.1 Å². The summed E-state index contributed by atoms with van der Waals surface area (Å²) >= 11 is 0. The van der Waals surface area contributed by atoms with E-state index in [1.165, 1.54) is 44.1 Å². The Hall–Kier alpha value is -3.33. The van der Waals surface area contributed by atoms with Crippen molar-refractivity contribution in [3.8, 4) is 11.3 Å². The fourth-order valence-electron chi connectivity index (χ4n) is 5.90. The molecule has 1 N–H and O–H groups in total. The quantitative estimate of drug-likeness (QED) is 0.0735. The van der Waals surface area contributed by atoms with Crippen LogP contribution in [0, 0.1) is 23.8 Å². The minimum atomic E-state index is -0.337. The minimum absolute atomic E-state index is 0. The van der Waals surface area contributed by atoms with E-state index < -0.39 is 0 Å². The summed E-state index contributed by atoms with van der Waals surface area (Å²) in [6.07, 6.45) is 6.68. The predicted molar refractivity (Wildman–Crippen MR) is 198 cm³/mol. The van der Waals surface area contributed by atoms with Gasteiger partial charge in [-0.1, -0.05) is 129 Å². The van der Waals surface area contributed by atoms with Crippen LogP contribution in [0.1, 0.15) is 99.1 Å². The fourth-order valence-corrected chi connectivity index (χ4v) is 5.90. The van der Waals surface area contributed by atoms with Gasteiger partial charge in [-0.2, -0.15) is 0 Å². The van der Waals surface area contributed by atoms with Gasteiger partial charge in [-0.05, 0) is 64.3 Å². The van der Waals surface area contributed by atoms with Crippen molar-refractivity contribution in [1.82, 2.24) is 4.98 Å². The first kappa shape index (κ1) is 38.1. The van der Waals surface area contributed by atoms with Crippen LogP contribution in [-0.4, -0.2) is 15.9 Å². The van der Waals surface area contributed by atoms with Crippen LogP contribution in [0.3, 0.4) is 0 Å². The van der Waals surface area contributed by atoms with Gasteiger partial charge >= 0.3 is 0 Å². The van der Waals surface area contributed by atoms with E-state index >= 15 is 0 Å². The molecule has 0 aliphatic carbocycles. The molecule has 0 amide bonds. The first-order valence-electron chi connectivity index (χ1n) is 16.9. The molecular weight excluding hydrogens is 755 g/mol. The number of rotatable bonds is 8. The maximum absolute atomic E-state index is 12.2. The summed E-state index contributed by atoms with van der Waals surface area (Å²) < 4.78 is 0. The molecule has 1 heterocycles. The normalized spacial score (nSPS) is 12.5. The zero-order valence-corrected chi connectivity index (χ0v) is 32.4. The zero-order valence-electron chi connectivity index (χ0n) is 30.0. The van der Waals surface area contributed by atoms with Gasteiger partial charge in [-0.25, -0.2) is 0 Å². The molecule has 0 saturated carbocycles. The molecule has 251 valence electrons. The Morgan fingerprint density at radius 2 is 1.38 bits per heavy atom. The van der Waals surface area contributed by atoms with Crippen molar-refractivity contribution in [2.45, 2.75) is 100 Å². The summed E-state index contributed by atoms with van der Waals surface area (Å²) in [6, 6.07) is 27.6. The number of nitrogens with zero attached hydrogens (tertiary/aromatic N) is 1. The molecule has 0 aliphatic rings. The topological polar surface area (TPSA) is 50.2 Å². The second-order valence-electron chi connectivity index (χ2n) is 14.3. The van der Waals surface area contributed by atoms with Gasteiger partial charge in [0, 0.05) is 48.9 Å². The number of aryl methyl sites for hydroxylation is 1. The van der Waals surface area contributed by atoms with Crippen LogP contribution in [-0.2, 0) is 30.3 Å². The number of allylic oxidation sites excluding steroid dienone is 2. The molecular formula is C43H52IrNO2-. The average Bonchev–Trinajstić information content (AvgIpc) is 3.06. The first-order valence-corrected chi connectivity index (χ1v) is 16.9. The van der Waals surface area contributed by atoms with Gasteiger partial charge in [0.25, 0.3) is 0 Å². The van der Waals surface area contributed by atoms with Gasteiger partial charge in [-0.3, -0.25) is 9.78 Å². The van der Waals surface area contributed by atoms with Crippen molar-refractivity contribution in [3.05, 3.63) is 102 Å². The number of aromatic nitrogens is 1. The number of aliphatic hydroxyl groups excluding tert-OH is 1. The SMILES string of the molecule is CCC(C)(CC)C(=O)/C=C(\O)C(C)(CC)CC.Cc1cc(-c2nccc3c2ccc2cc(C(C)(C)C)ccc23)[c-]c2ccccc12.[Ir]. The van der Waals surface area contributed by atoms with E-state index in [1.807, 2.05) is 47.7 Å². The van der Waals surface area contributed by atoms with Gasteiger partial charge in [-0.15, -0.1) is 29.1 Å². The molecule has 5 aromatic rings.